The molecule has 1 fully saturated rings. The van der Waals surface area contributed by atoms with Crippen LogP contribution in [-0.2, 0) is 6.42 Å². The Morgan fingerprint density at radius 2 is 2.38 bits per heavy atom. The second-order valence-corrected chi connectivity index (χ2v) is 4.49. The van der Waals surface area contributed by atoms with Crippen LogP contribution >= 0.6 is 0 Å². The Hall–Kier alpha value is -1.22. The quantitative estimate of drug-likeness (QED) is 0.821. The lowest BCUT2D eigenvalue weighted by molar-refractivity contribution is 0.355. The first-order chi connectivity index (χ1) is 7.88. The van der Waals surface area contributed by atoms with Crippen LogP contribution in [0.3, 0.4) is 0 Å². The molecule has 1 saturated heterocycles. The smallest absolute Gasteiger partial charge is 0.123 e. The minimum atomic E-state index is 0.574. The van der Waals surface area contributed by atoms with E-state index in [1.165, 1.54) is 17.5 Å². The number of hydrogen-bond acceptors (Lipinski definition) is 3. The van der Waals surface area contributed by atoms with Crippen LogP contribution in [0.2, 0.25) is 0 Å². The van der Waals surface area contributed by atoms with E-state index in [4.69, 9.17) is 9.47 Å². The molecule has 0 aromatic heterocycles. The largest absolute Gasteiger partial charge is 0.496 e. The molecule has 0 saturated carbocycles. The summed E-state index contributed by atoms with van der Waals surface area (Å²) in [5.41, 5.74) is 2.58. The van der Waals surface area contributed by atoms with Gasteiger partial charge in [0.05, 0.1) is 13.7 Å². The topological polar surface area (TPSA) is 30.5 Å². The van der Waals surface area contributed by atoms with Gasteiger partial charge in [-0.15, -0.1) is 0 Å². The molecule has 2 aliphatic heterocycles. The van der Waals surface area contributed by atoms with E-state index in [-0.39, 0.29) is 0 Å². The Morgan fingerprint density at radius 3 is 3.12 bits per heavy atom. The lowest BCUT2D eigenvalue weighted by Gasteiger charge is -2.15. The minimum Gasteiger partial charge on any atom is -0.496 e. The lowest BCUT2D eigenvalue weighted by atomic mass is 9.95. The molecule has 2 heterocycles. The third kappa shape index (κ3) is 1.55. The highest BCUT2D eigenvalue weighted by atomic mass is 16.5. The summed E-state index contributed by atoms with van der Waals surface area (Å²) in [4.78, 5) is 0. The van der Waals surface area contributed by atoms with Gasteiger partial charge in [-0.3, -0.25) is 0 Å². The molecule has 0 amide bonds. The summed E-state index contributed by atoms with van der Waals surface area (Å²) >= 11 is 0. The zero-order valence-corrected chi connectivity index (χ0v) is 9.58. The highest BCUT2D eigenvalue weighted by Gasteiger charge is 2.24. The Labute approximate surface area is 95.8 Å². The summed E-state index contributed by atoms with van der Waals surface area (Å²) in [6.07, 6.45) is 2.20. The number of fused-ring (bicyclic) bond motifs is 1. The van der Waals surface area contributed by atoms with Gasteiger partial charge in [0.2, 0.25) is 0 Å². The van der Waals surface area contributed by atoms with Crippen LogP contribution < -0.4 is 14.8 Å². The molecule has 1 unspecified atom stereocenters. The van der Waals surface area contributed by atoms with Crippen molar-refractivity contribution in [3.63, 3.8) is 0 Å². The zero-order chi connectivity index (χ0) is 11.0. The molecule has 86 valence electrons. The van der Waals surface area contributed by atoms with Crippen LogP contribution in [0.4, 0.5) is 0 Å². The van der Waals surface area contributed by atoms with Crippen LogP contribution in [0.5, 0.6) is 11.5 Å². The van der Waals surface area contributed by atoms with Crippen molar-refractivity contribution in [2.24, 2.45) is 0 Å². The predicted molar refractivity (Wildman–Crippen MR) is 62.4 cm³/mol. The van der Waals surface area contributed by atoms with E-state index < -0.39 is 0 Å². The van der Waals surface area contributed by atoms with Gasteiger partial charge < -0.3 is 14.8 Å². The fourth-order valence-corrected chi connectivity index (χ4v) is 2.63. The molecule has 1 aromatic carbocycles. The standard InChI is InChI=1S/C13H17NO2/c1-15-13-6-9-3-5-16-12(9)7-11(13)10-2-4-14-8-10/h6-7,10,14H,2-5,8H2,1H3. The van der Waals surface area contributed by atoms with Gasteiger partial charge in [0.25, 0.3) is 0 Å². The van der Waals surface area contributed by atoms with Crippen molar-refractivity contribution in [2.45, 2.75) is 18.8 Å². The van der Waals surface area contributed by atoms with Crippen LogP contribution in [0.25, 0.3) is 0 Å². The highest BCUT2D eigenvalue weighted by Crippen LogP contribution is 2.38. The maximum absolute atomic E-state index is 5.62. The Kier molecular flexibility index (Phi) is 2.48. The van der Waals surface area contributed by atoms with E-state index in [9.17, 15) is 0 Å². The van der Waals surface area contributed by atoms with Gasteiger partial charge in [0, 0.05) is 30.0 Å². The van der Waals surface area contributed by atoms with E-state index in [1.807, 2.05) is 0 Å². The fraction of sp³-hybridized carbons (Fsp3) is 0.538. The summed E-state index contributed by atoms with van der Waals surface area (Å²) in [6, 6.07) is 4.33. The molecule has 1 atom stereocenters. The summed E-state index contributed by atoms with van der Waals surface area (Å²) in [6.45, 7) is 2.96. The van der Waals surface area contributed by atoms with Gasteiger partial charge in [-0.25, -0.2) is 0 Å². The van der Waals surface area contributed by atoms with Gasteiger partial charge in [0.1, 0.15) is 11.5 Å². The molecule has 1 N–H and O–H groups in total. The average Bonchev–Trinajstić information content (AvgIpc) is 2.97. The normalized spacial score (nSPS) is 22.9. The Bertz CT molecular complexity index is 397. The minimum absolute atomic E-state index is 0.574. The fourth-order valence-electron chi connectivity index (χ4n) is 2.63. The number of rotatable bonds is 2. The van der Waals surface area contributed by atoms with Crippen molar-refractivity contribution in [2.75, 3.05) is 26.8 Å². The van der Waals surface area contributed by atoms with Crippen LogP contribution in [0.1, 0.15) is 23.5 Å². The maximum atomic E-state index is 5.62. The monoisotopic (exact) mass is 219 g/mol. The van der Waals surface area contributed by atoms with Crippen LogP contribution in [0.15, 0.2) is 12.1 Å². The highest BCUT2D eigenvalue weighted by molar-refractivity contribution is 5.50. The molecule has 3 rings (SSSR count). The summed E-state index contributed by atoms with van der Waals surface area (Å²) < 4.78 is 11.1. The van der Waals surface area contributed by atoms with E-state index in [0.717, 1.165) is 37.6 Å². The second-order valence-electron chi connectivity index (χ2n) is 4.49. The van der Waals surface area contributed by atoms with E-state index in [1.54, 1.807) is 7.11 Å². The summed E-state index contributed by atoms with van der Waals surface area (Å²) in [5, 5.41) is 3.39. The van der Waals surface area contributed by atoms with Crippen molar-refractivity contribution in [3.05, 3.63) is 23.3 Å². The number of ether oxygens (including phenoxy) is 2. The van der Waals surface area contributed by atoms with Gasteiger partial charge >= 0.3 is 0 Å². The molecule has 1 aromatic rings. The Morgan fingerprint density at radius 1 is 1.44 bits per heavy atom. The van der Waals surface area contributed by atoms with E-state index in [2.05, 4.69) is 17.4 Å². The van der Waals surface area contributed by atoms with E-state index >= 15 is 0 Å². The molecule has 3 heteroatoms. The van der Waals surface area contributed by atoms with Crippen molar-refractivity contribution >= 4 is 0 Å². The van der Waals surface area contributed by atoms with E-state index in [0.29, 0.717) is 5.92 Å². The molecular formula is C13H17NO2. The lowest BCUT2D eigenvalue weighted by Crippen LogP contribution is -2.08. The molecule has 16 heavy (non-hydrogen) atoms. The summed E-state index contributed by atoms with van der Waals surface area (Å²) in [5.74, 6) is 2.66. The number of methoxy groups -OCH3 is 1. The summed E-state index contributed by atoms with van der Waals surface area (Å²) in [7, 11) is 1.75. The van der Waals surface area contributed by atoms with Gasteiger partial charge in [-0.2, -0.15) is 0 Å². The van der Waals surface area contributed by atoms with Crippen LogP contribution in [-0.4, -0.2) is 26.8 Å². The van der Waals surface area contributed by atoms with Crippen LogP contribution in [0, 0.1) is 0 Å². The first-order valence-electron chi connectivity index (χ1n) is 5.93. The zero-order valence-electron chi connectivity index (χ0n) is 9.58. The molecule has 0 radical (unpaired) electrons. The number of nitrogens with one attached hydrogen (secondary N) is 1. The van der Waals surface area contributed by atoms with Crippen molar-refractivity contribution in [1.29, 1.82) is 0 Å². The first-order valence-corrected chi connectivity index (χ1v) is 5.93. The number of hydrogen-bond donors (Lipinski definition) is 1. The molecule has 2 aliphatic rings. The third-order valence-corrected chi connectivity index (χ3v) is 3.54. The van der Waals surface area contributed by atoms with Gasteiger partial charge in [0.15, 0.2) is 0 Å². The first kappa shape index (κ1) is 9.97. The second kappa shape index (κ2) is 3.98. The molecule has 3 nitrogen and oxygen atoms in total. The molecule has 0 aliphatic carbocycles. The van der Waals surface area contributed by atoms with Gasteiger partial charge in [-0.05, 0) is 25.1 Å². The van der Waals surface area contributed by atoms with Crippen molar-refractivity contribution in [1.82, 2.24) is 5.32 Å². The molecule has 0 spiro atoms. The van der Waals surface area contributed by atoms with Crippen molar-refractivity contribution in [3.8, 4) is 11.5 Å². The average molecular weight is 219 g/mol. The predicted octanol–water partition coefficient (Wildman–Crippen LogP) is 1.71. The maximum Gasteiger partial charge on any atom is 0.123 e. The van der Waals surface area contributed by atoms with Crippen molar-refractivity contribution < 1.29 is 9.47 Å². The third-order valence-electron chi connectivity index (χ3n) is 3.54. The van der Waals surface area contributed by atoms with Gasteiger partial charge in [-0.1, -0.05) is 0 Å². The Balaban J connectivity index is 2.01. The molecule has 0 bridgehead atoms. The number of benzene rings is 1. The molecular weight excluding hydrogens is 202 g/mol. The SMILES string of the molecule is COc1cc2c(cc1C1CCNC1)OCC2.